The summed E-state index contributed by atoms with van der Waals surface area (Å²) in [4.78, 5) is 8.53. The Hall–Kier alpha value is -3.55. The fraction of sp³-hybridized carbons (Fsp3) is 0.200. The van der Waals surface area contributed by atoms with Gasteiger partial charge in [0, 0.05) is 48.0 Å². The number of nitrogens with zero attached hydrogens (tertiary/aromatic N) is 5. The quantitative estimate of drug-likeness (QED) is 0.589. The summed E-state index contributed by atoms with van der Waals surface area (Å²) in [5.41, 5.74) is 9.44. The molecule has 0 saturated heterocycles. The van der Waals surface area contributed by atoms with Crippen LogP contribution in [0.15, 0.2) is 43.0 Å². The van der Waals surface area contributed by atoms with Crippen LogP contribution in [0.1, 0.15) is 17.0 Å². The zero-order valence-electron chi connectivity index (χ0n) is 15.0. The number of anilines is 1. The van der Waals surface area contributed by atoms with Crippen LogP contribution in [0.3, 0.4) is 0 Å². The SMILES string of the molecule is Nc1cc(F)c(-c2cnc(CCc3cccc4c3CCO4)n3cnnc23)cn1. The highest BCUT2D eigenvalue weighted by Crippen LogP contribution is 2.29. The molecule has 2 N–H and O–H groups in total. The summed E-state index contributed by atoms with van der Waals surface area (Å²) < 4.78 is 21.8. The van der Waals surface area contributed by atoms with Crippen molar-refractivity contribution in [2.45, 2.75) is 19.3 Å². The van der Waals surface area contributed by atoms with E-state index in [0.717, 1.165) is 31.0 Å². The van der Waals surface area contributed by atoms with Gasteiger partial charge in [0.1, 0.15) is 29.5 Å². The molecule has 1 aliphatic heterocycles. The summed E-state index contributed by atoms with van der Waals surface area (Å²) in [5.74, 6) is 1.44. The van der Waals surface area contributed by atoms with Crippen molar-refractivity contribution >= 4 is 11.5 Å². The highest BCUT2D eigenvalue weighted by molar-refractivity contribution is 5.76. The second-order valence-corrected chi connectivity index (χ2v) is 6.69. The lowest BCUT2D eigenvalue weighted by Gasteiger charge is -2.10. The number of ether oxygens (including phenoxy) is 1. The first kappa shape index (κ1) is 16.6. The second kappa shape index (κ2) is 6.56. The number of nitrogen functional groups attached to an aromatic ring is 1. The molecule has 8 heteroatoms. The van der Waals surface area contributed by atoms with Gasteiger partial charge in [-0.2, -0.15) is 0 Å². The average molecular weight is 376 g/mol. The number of hydrogen-bond acceptors (Lipinski definition) is 6. The van der Waals surface area contributed by atoms with Crippen molar-refractivity contribution in [3.63, 3.8) is 0 Å². The molecule has 0 atom stereocenters. The van der Waals surface area contributed by atoms with Crippen molar-refractivity contribution in [1.29, 1.82) is 0 Å². The van der Waals surface area contributed by atoms with E-state index in [1.165, 1.54) is 23.4 Å². The lowest BCUT2D eigenvalue weighted by molar-refractivity contribution is 0.357. The molecule has 3 aromatic heterocycles. The van der Waals surface area contributed by atoms with Crippen molar-refractivity contribution in [3.8, 4) is 16.9 Å². The normalized spacial score (nSPS) is 12.9. The Bertz CT molecular complexity index is 1190. The Morgan fingerprint density at radius 2 is 2.04 bits per heavy atom. The molecular formula is C20H17FN6O. The van der Waals surface area contributed by atoms with Gasteiger partial charge < -0.3 is 10.5 Å². The molecule has 0 saturated carbocycles. The zero-order chi connectivity index (χ0) is 19.1. The number of benzene rings is 1. The van der Waals surface area contributed by atoms with Crippen LogP contribution >= 0.6 is 0 Å². The molecule has 7 nitrogen and oxygen atoms in total. The molecule has 4 aromatic rings. The predicted molar refractivity (Wildman–Crippen MR) is 101 cm³/mol. The number of aromatic nitrogens is 5. The van der Waals surface area contributed by atoms with E-state index in [0.29, 0.717) is 23.2 Å². The Labute approximate surface area is 160 Å². The molecule has 0 spiro atoms. The van der Waals surface area contributed by atoms with Crippen molar-refractivity contribution in [1.82, 2.24) is 24.6 Å². The Balaban J connectivity index is 1.49. The third-order valence-corrected chi connectivity index (χ3v) is 5.03. The number of fused-ring (bicyclic) bond motifs is 2. The average Bonchev–Trinajstić information content (AvgIpc) is 3.36. The molecule has 1 aliphatic rings. The monoisotopic (exact) mass is 376 g/mol. The summed E-state index contributed by atoms with van der Waals surface area (Å²) in [5, 5.41) is 8.15. The van der Waals surface area contributed by atoms with Crippen LogP contribution in [-0.2, 0) is 19.3 Å². The van der Waals surface area contributed by atoms with Crippen LogP contribution in [0.5, 0.6) is 5.75 Å². The van der Waals surface area contributed by atoms with E-state index in [1.807, 2.05) is 12.1 Å². The number of nitrogens with two attached hydrogens (primary N) is 1. The molecule has 0 bridgehead atoms. The summed E-state index contributed by atoms with van der Waals surface area (Å²) in [6.07, 6.45) is 7.07. The van der Waals surface area contributed by atoms with Crippen LogP contribution in [0.25, 0.3) is 16.8 Å². The molecule has 0 amide bonds. The van der Waals surface area contributed by atoms with Gasteiger partial charge in [0.25, 0.3) is 0 Å². The van der Waals surface area contributed by atoms with Crippen molar-refractivity contribution in [2.75, 3.05) is 12.3 Å². The molecule has 0 fully saturated rings. The number of halogens is 1. The predicted octanol–water partition coefficient (Wildman–Crippen LogP) is 2.63. The maximum atomic E-state index is 14.4. The summed E-state index contributed by atoms with van der Waals surface area (Å²) in [6, 6.07) is 7.34. The van der Waals surface area contributed by atoms with Crippen molar-refractivity contribution in [2.24, 2.45) is 0 Å². The smallest absolute Gasteiger partial charge is 0.171 e. The maximum Gasteiger partial charge on any atom is 0.171 e. The van der Waals surface area contributed by atoms with Crippen LogP contribution in [0.4, 0.5) is 10.2 Å². The Morgan fingerprint density at radius 3 is 2.93 bits per heavy atom. The van der Waals surface area contributed by atoms with Gasteiger partial charge in [-0.3, -0.25) is 4.40 Å². The molecule has 5 rings (SSSR count). The van der Waals surface area contributed by atoms with E-state index >= 15 is 0 Å². The van der Waals surface area contributed by atoms with E-state index in [2.05, 4.69) is 26.2 Å². The number of hydrogen-bond donors (Lipinski definition) is 1. The second-order valence-electron chi connectivity index (χ2n) is 6.69. The van der Waals surface area contributed by atoms with Gasteiger partial charge in [0.2, 0.25) is 0 Å². The van der Waals surface area contributed by atoms with Gasteiger partial charge in [-0.1, -0.05) is 12.1 Å². The van der Waals surface area contributed by atoms with Crippen molar-refractivity contribution < 1.29 is 9.13 Å². The van der Waals surface area contributed by atoms with Gasteiger partial charge in [0.15, 0.2) is 5.65 Å². The molecule has 4 heterocycles. The topological polar surface area (TPSA) is 91.2 Å². The molecule has 0 radical (unpaired) electrons. The van der Waals surface area contributed by atoms with Gasteiger partial charge in [0.05, 0.1) is 6.61 Å². The van der Waals surface area contributed by atoms with E-state index in [-0.39, 0.29) is 5.82 Å². The Morgan fingerprint density at radius 1 is 1.14 bits per heavy atom. The lowest BCUT2D eigenvalue weighted by atomic mass is 10.0. The minimum absolute atomic E-state index is 0.127. The van der Waals surface area contributed by atoms with E-state index < -0.39 is 5.82 Å². The maximum absolute atomic E-state index is 14.4. The molecule has 140 valence electrons. The van der Waals surface area contributed by atoms with E-state index in [9.17, 15) is 4.39 Å². The fourth-order valence-electron chi connectivity index (χ4n) is 3.66. The number of pyridine rings is 1. The van der Waals surface area contributed by atoms with Gasteiger partial charge in [-0.05, 0) is 18.1 Å². The first-order chi connectivity index (χ1) is 13.7. The highest BCUT2D eigenvalue weighted by Gasteiger charge is 2.18. The van der Waals surface area contributed by atoms with Gasteiger partial charge >= 0.3 is 0 Å². The van der Waals surface area contributed by atoms with Crippen molar-refractivity contribution in [3.05, 3.63) is 65.8 Å². The van der Waals surface area contributed by atoms with E-state index in [4.69, 9.17) is 10.5 Å². The fourth-order valence-corrected chi connectivity index (χ4v) is 3.66. The van der Waals surface area contributed by atoms with Gasteiger partial charge in [-0.25, -0.2) is 14.4 Å². The minimum Gasteiger partial charge on any atom is -0.493 e. The molecular weight excluding hydrogens is 359 g/mol. The molecule has 28 heavy (non-hydrogen) atoms. The molecule has 0 unspecified atom stereocenters. The molecule has 1 aromatic carbocycles. The lowest BCUT2D eigenvalue weighted by Crippen LogP contribution is -2.05. The first-order valence-electron chi connectivity index (χ1n) is 9.03. The third kappa shape index (κ3) is 2.74. The van der Waals surface area contributed by atoms with E-state index in [1.54, 1.807) is 16.9 Å². The highest BCUT2D eigenvalue weighted by atomic mass is 19.1. The van der Waals surface area contributed by atoms with Crippen LogP contribution < -0.4 is 10.5 Å². The standard InChI is InChI=1S/C20H17FN6O/c21-16-8-18(22)23-9-14(16)15-10-24-19(27-11-25-26-20(15)27)5-4-12-2-1-3-17-13(12)6-7-28-17/h1-3,8-11H,4-7H2,(H2,22,23). The van der Waals surface area contributed by atoms with Crippen LogP contribution in [0.2, 0.25) is 0 Å². The summed E-state index contributed by atoms with van der Waals surface area (Å²) in [6.45, 7) is 0.732. The first-order valence-corrected chi connectivity index (χ1v) is 9.03. The number of aryl methyl sites for hydroxylation is 2. The molecule has 0 aliphatic carbocycles. The summed E-state index contributed by atoms with van der Waals surface area (Å²) in [7, 11) is 0. The summed E-state index contributed by atoms with van der Waals surface area (Å²) >= 11 is 0. The largest absolute Gasteiger partial charge is 0.493 e. The third-order valence-electron chi connectivity index (χ3n) is 5.03. The number of rotatable bonds is 4. The van der Waals surface area contributed by atoms with Gasteiger partial charge in [-0.15, -0.1) is 10.2 Å². The minimum atomic E-state index is -0.466. The van der Waals surface area contributed by atoms with Crippen LogP contribution in [-0.4, -0.2) is 31.2 Å². The van der Waals surface area contributed by atoms with Crippen LogP contribution in [0, 0.1) is 5.82 Å². The Kier molecular flexibility index (Phi) is 3.89. The zero-order valence-corrected chi connectivity index (χ0v) is 15.0.